The first-order valence-electron chi connectivity index (χ1n) is 11.4. The summed E-state index contributed by atoms with van der Waals surface area (Å²) in [5.41, 5.74) is 4.21. The van der Waals surface area contributed by atoms with Crippen molar-refractivity contribution in [1.29, 1.82) is 0 Å². The molecule has 0 atom stereocenters. The lowest BCUT2D eigenvalue weighted by Gasteiger charge is -2.38. The van der Waals surface area contributed by atoms with Gasteiger partial charge in [0.05, 0.1) is 21.7 Å². The van der Waals surface area contributed by atoms with Crippen molar-refractivity contribution in [2.24, 2.45) is 0 Å². The van der Waals surface area contributed by atoms with Crippen LogP contribution in [-0.4, -0.2) is 34.6 Å². The molecule has 1 N–H and O–H groups in total. The fourth-order valence-corrected chi connectivity index (χ4v) is 6.03. The van der Waals surface area contributed by atoms with Crippen molar-refractivity contribution in [2.75, 3.05) is 36.0 Å². The summed E-state index contributed by atoms with van der Waals surface area (Å²) >= 11 is 0. The summed E-state index contributed by atoms with van der Waals surface area (Å²) in [7, 11) is -3.76. The minimum absolute atomic E-state index is 0.242. The third kappa shape index (κ3) is 4.01. The molecule has 5 nitrogen and oxygen atoms in total. The molecule has 0 amide bonds. The van der Waals surface area contributed by atoms with Gasteiger partial charge in [-0.1, -0.05) is 35.9 Å². The molecule has 7 heteroatoms. The Morgan fingerprint density at radius 1 is 0.824 bits per heavy atom. The third-order valence-electron chi connectivity index (χ3n) is 6.43. The van der Waals surface area contributed by atoms with E-state index in [4.69, 9.17) is 0 Å². The predicted octanol–water partition coefficient (Wildman–Crippen LogP) is 4.57. The van der Waals surface area contributed by atoms with Gasteiger partial charge in [-0.3, -0.25) is 0 Å². The van der Waals surface area contributed by atoms with Crippen molar-refractivity contribution in [3.63, 3.8) is 0 Å². The van der Waals surface area contributed by atoms with Crippen molar-refractivity contribution >= 4 is 32.1 Å². The van der Waals surface area contributed by atoms with Crippen LogP contribution >= 0.6 is 0 Å². The number of nitrogens with one attached hydrogen (secondary N) is 1. The van der Waals surface area contributed by atoms with Crippen LogP contribution in [0.2, 0.25) is 0 Å². The van der Waals surface area contributed by atoms with Gasteiger partial charge in [-0.2, -0.15) is 0 Å². The Balaban J connectivity index is 1.59. The maximum absolute atomic E-state index is 14.3. The molecule has 0 saturated carbocycles. The zero-order chi connectivity index (χ0) is 23.9. The summed E-state index contributed by atoms with van der Waals surface area (Å²) in [5, 5.41) is 0.868. The van der Waals surface area contributed by atoms with Gasteiger partial charge in [0.1, 0.15) is 5.82 Å². The molecule has 34 heavy (non-hydrogen) atoms. The molecule has 0 bridgehead atoms. The van der Waals surface area contributed by atoms with Crippen molar-refractivity contribution in [3.8, 4) is 0 Å². The molecule has 1 aliphatic rings. The second-order valence-electron chi connectivity index (χ2n) is 8.79. The molecular weight excluding hydrogens is 449 g/mol. The number of hydrogen-bond donors (Lipinski definition) is 0. The molecule has 0 radical (unpaired) electrons. The van der Waals surface area contributed by atoms with E-state index < -0.39 is 9.84 Å². The predicted molar refractivity (Wildman–Crippen MR) is 133 cm³/mol. The minimum Gasteiger partial charge on any atom is -0.366 e. The van der Waals surface area contributed by atoms with Gasteiger partial charge in [0, 0.05) is 32.2 Å². The zero-order valence-electron chi connectivity index (χ0n) is 19.3. The molecule has 2 heterocycles. The van der Waals surface area contributed by atoms with Crippen molar-refractivity contribution in [1.82, 2.24) is 0 Å². The van der Waals surface area contributed by atoms with Crippen LogP contribution in [0.15, 0.2) is 82.7 Å². The van der Waals surface area contributed by atoms with Gasteiger partial charge in [-0.25, -0.2) is 17.8 Å². The number of aromatic nitrogens is 1. The highest BCUT2D eigenvalue weighted by Crippen LogP contribution is 2.36. The fourth-order valence-electron chi connectivity index (χ4n) is 4.58. The first-order chi connectivity index (χ1) is 16.3. The van der Waals surface area contributed by atoms with E-state index in [0.717, 1.165) is 22.0 Å². The van der Waals surface area contributed by atoms with Crippen LogP contribution in [0.3, 0.4) is 0 Å². The summed E-state index contributed by atoms with van der Waals surface area (Å²) in [6, 6.07) is 19.7. The normalized spacial score (nSPS) is 14.6. The third-order valence-corrected chi connectivity index (χ3v) is 8.22. The Bertz CT molecular complexity index is 1460. The van der Waals surface area contributed by atoms with E-state index in [0.29, 0.717) is 37.6 Å². The van der Waals surface area contributed by atoms with Gasteiger partial charge in [-0.05, 0) is 49.7 Å². The quantitative estimate of drug-likeness (QED) is 0.433. The largest absolute Gasteiger partial charge is 0.366 e. The molecule has 1 aliphatic heterocycles. The molecule has 174 valence electrons. The van der Waals surface area contributed by atoms with E-state index >= 15 is 0 Å². The van der Waals surface area contributed by atoms with E-state index in [2.05, 4.69) is 9.88 Å². The molecule has 4 aromatic rings. The van der Waals surface area contributed by atoms with Crippen LogP contribution in [0.25, 0.3) is 10.9 Å². The number of benzene rings is 3. The van der Waals surface area contributed by atoms with Crippen LogP contribution in [0.4, 0.5) is 15.8 Å². The first-order valence-corrected chi connectivity index (χ1v) is 12.8. The molecule has 0 unspecified atom stereocenters. The van der Waals surface area contributed by atoms with Gasteiger partial charge < -0.3 is 9.80 Å². The number of H-pyrrole nitrogens is 1. The summed E-state index contributed by atoms with van der Waals surface area (Å²) < 4.78 is 41.9. The molecule has 0 aliphatic carbocycles. The van der Waals surface area contributed by atoms with Gasteiger partial charge >= 0.3 is 0 Å². The Morgan fingerprint density at radius 3 is 2.18 bits per heavy atom. The molecule has 3 aromatic carbocycles. The number of hydrogen-bond acceptors (Lipinski definition) is 4. The average Bonchev–Trinajstić information content (AvgIpc) is 2.84. The molecule has 1 saturated heterocycles. The van der Waals surface area contributed by atoms with E-state index in [1.54, 1.807) is 30.5 Å². The van der Waals surface area contributed by atoms with Crippen LogP contribution < -0.4 is 14.8 Å². The highest BCUT2D eigenvalue weighted by molar-refractivity contribution is 7.91. The lowest BCUT2D eigenvalue weighted by molar-refractivity contribution is -0.347. The van der Waals surface area contributed by atoms with Crippen molar-refractivity contribution in [3.05, 3.63) is 89.9 Å². The fraction of sp³-hybridized carbons (Fsp3) is 0.222. The Labute approximate surface area is 199 Å². The highest BCUT2D eigenvalue weighted by atomic mass is 32.2. The number of piperazine rings is 1. The number of aryl methyl sites for hydroxylation is 2. The Hall–Kier alpha value is -3.45. The summed E-state index contributed by atoms with van der Waals surface area (Å²) in [5.74, 6) is -0.242. The lowest BCUT2D eigenvalue weighted by Crippen LogP contribution is -2.47. The number of sulfone groups is 1. The van der Waals surface area contributed by atoms with Crippen LogP contribution in [0.1, 0.15) is 11.1 Å². The highest BCUT2D eigenvalue weighted by Gasteiger charge is 2.31. The monoisotopic (exact) mass is 476 g/mol. The zero-order valence-corrected chi connectivity index (χ0v) is 20.1. The summed E-state index contributed by atoms with van der Waals surface area (Å²) in [6.45, 7) is 6.29. The number of anilines is 2. The maximum atomic E-state index is 14.3. The smallest absolute Gasteiger partial charge is 0.214 e. The number of para-hydroxylation sites is 1. The van der Waals surface area contributed by atoms with Gasteiger partial charge in [0.2, 0.25) is 15.4 Å². The molecule has 1 fully saturated rings. The SMILES string of the molecule is Cc1ccc(S(=O)(=O)c2c[nH+]c3ccc(C)cc3c2N2CCN(c3ccccc3F)CC2)cc1. The molecular formula is C27H27FN3O2S+. The van der Waals surface area contributed by atoms with Crippen molar-refractivity contribution < 1.29 is 17.8 Å². The van der Waals surface area contributed by atoms with Gasteiger partial charge in [-0.15, -0.1) is 0 Å². The number of aromatic amines is 1. The summed E-state index contributed by atoms with van der Waals surface area (Å²) in [4.78, 5) is 7.85. The van der Waals surface area contributed by atoms with E-state index in [-0.39, 0.29) is 15.6 Å². The number of pyridine rings is 1. The number of nitrogens with zero attached hydrogens (tertiary/aromatic N) is 2. The molecule has 1 aromatic heterocycles. The van der Waals surface area contributed by atoms with Crippen LogP contribution in [0.5, 0.6) is 0 Å². The number of fused-ring (bicyclic) bond motifs is 1. The average molecular weight is 477 g/mol. The Morgan fingerprint density at radius 2 is 1.47 bits per heavy atom. The summed E-state index contributed by atoms with van der Waals surface area (Å²) in [6.07, 6.45) is 1.60. The number of rotatable bonds is 4. The second-order valence-corrected chi connectivity index (χ2v) is 10.7. The van der Waals surface area contributed by atoms with Gasteiger partial charge in [0.25, 0.3) is 0 Å². The topological polar surface area (TPSA) is 54.8 Å². The van der Waals surface area contributed by atoms with Gasteiger partial charge in [0.15, 0.2) is 11.1 Å². The molecule has 5 rings (SSSR count). The lowest BCUT2D eigenvalue weighted by atomic mass is 10.1. The first kappa shape index (κ1) is 22.3. The second kappa shape index (κ2) is 8.72. The number of halogens is 1. The van der Waals surface area contributed by atoms with Crippen LogP contribution in [-0.2, 0) is 9.84 Å². The Kier molecular flexibility index (Phi) is 5.73. The standard InChI is InChI=1S/C27H26FN3O2S/c1-19-7-10-21(11-8-19)34(32,33)26-18-29-24-12-9-20(2)17-22(24)27(26)31-15-13-30(14-16-31)25-6-4-3-5-23(25)28/h3-12,17-18H,13-16H2,1-2H3/p+1. The minimum atomic E-state index is -3.76. The van der Waals surface area contributed by atoms with E-state index in [9.17, 15) is 12.8 Å². The molecule has 0 spiro atoms. The van der Waals surface area contributed by atoms with E-state index in [1.165, 1.54) is 6.07 Å². The van der Waals surface area contributed by atoms with Crippen LogP contribution in [0, 0.1) is 19.7 Å². The van der Waals surface area contributed by atoms with E-state index in [1.807, 2.05) is 55.1 Å². The maximum Gasteiger partial charge on any atom is 0.214 e. The van der Waals surface area contributed by atoms with Crippen molar-refractivity contribution in [2.45, 2.75) is 23.6 Å².